The predicted molar refractivity (Wildman–Crippen MR) is 112 cm³/mol. The van der Waals surface area contributed by atoms with E-state index in [2.05, 4.69) is 31.0 Å². The van der Waals surface area contributed by atoms with Gasteiger partial charge in [0.1, 0.15) is 28.9 Å². The van der Waals surface area contributed by atoms with Gasteiger partial charge in [-0.3, -0.25) is 14.4 Å². The number of carbonyl (C=O) groups excluding carboxylic acids is 2. The van der Waals surface area contributed by atoms with Gasteiger partial charge in [0.15, 0.2) is 10.8 Å². The molecular formula is C16H17N9O5S2. The number of anilines is 1. The first-order valence-corrected chi connectivity index (χ1v) is 11.1. The van der Waals surface area contributed by atoms with Gasteiger partial charge < -0.3 is 26.3 Å². The summed E-state index contributed by atoms with van der Waals surface area (Å²) < 4.78 is 1.43. The molecule has 0 aliphatic carbocycles. The molecule has 2 aromatic heterocycles. The number of nitrogens with two attached hydrogens (primary N) is 1. The van der Waals surface area contributed by atoms with E-state index < -0.39 is 34.6 Å². The van der Waals surface area contributed by atoms with Gasteiger partial charge in [0.05, 0.1) is 6.54 Å². The molecule has 0 saturated carbocycles. The Morgan fingerprint density at radius 3 is 2.91 bits per heavy atom. The summed E-state index contributed by atoms with van der Waals surface area (Å²) in [7, 11) is 0. The average Bonchev–Trinajstić information content (AvgIpc) is 3.44. The minimum atomic E-state index is -1.28. The smallest absolute Gasteiger partial charge is 0.316 e. The Morgan fingerprint density at radius 1 is 1.47 bits per heavy atom. The molecule has 2 aromatic rings. The van der Waals surface area contributed by atoms with Crippen molar-refractivity contribution >= 4 is 51.7 Å². The van der Waals surface area contributed by atoms with Crippen LogP contribution in [0, 0.1) is 5.41 Å². The SMILES string of the molecule is Nc1nc(C(=NO)C(=O)NC2C(=O)N3CC(C=CCn4cnnn4)(C(=O)O)CS[C@H]23)cs1. The van der Waals surface area contributed by atoms with E-state index in [1.165, 1.54) is 33.1 Å². The third-order valence-corrected chi connectivity index (χ3v) is 7.24. The molecule has 4 heterocycles. The number of thioether (sulfide) groups is 1. The van der Waals surface area contributed by atoms with Crippen LogP contribution in [0.15, 0.2) is 29.0 Å². The Kier molecular flexibility index (Phi) is 5.79. The summed E-state index contributed by atoms with van der Waals surface area (Å²) in [4.78, 5) is 42.5. The van der Waals surface area contributed by atoms with Gasteiger partial charge in [0.2, 0.25) is 5.91 Å². The maximum atomic E-state index is 12.7. The minimum absolute atomic E-state index is 0.0408. The van der Waals surface area contributed by atoms with Gasteiger partial charge in [-0.15, -0.1) is 28.2 Å². The second kappa shape index (κ2) is 8.54. The summed E-state index contributed by atoms with van der Waals surface area (Å²) in [5.74, 6) is -2.08. The van der Waals surface area contributed by atoms with Crippen LogP contribution in [0.3, 0.4) is 0 Å². The molecule has 168 valence electrons. The summed E-state index contributed by atoms with van der Waals surface area (Å²) >= 11 is 2.32. The van der Waals surface area contributed by atoms with Gasteiger partial charge in [-0.25, -0.2) is 9.67 Å². The van der Waals surface area contributed by atoms with Crippen LogP contribution in [-0.4, -0.2) is 87.6 Å². The lowest BCUT2D eigenvalue weighted by Gasteiger charge is -2.53. The van der Waals surface area contributed by atoms with Crippen molar-refractivity contribution in [2.24, 2.45) is 10.6 Å². The van der Waals surface area contributed by atoms with Crippen molar-refractivity contribution < 1.29 is 24.7 Å². The number of nitrogen functional groups attached to an aromatic ring is 1. The number of aliphatic carboxylic acids is 1. The van der Waals surface area contributed by atoms with Crippen molar-refractivity contribution in [1.82, 2.24) is 35.4 Å². The van der Waals surface area contributed by atoms with Crippen LogP contribution >= 0.6 is 23.1 Å². The highest BCUT2D eigenvalue weighted by molar-refractivity contribution is 8.00. The second-order valence-corrected chi connectivity index (χ2v) is 9.03. The van der Waals surface area contributed by atoms with E-state index in [0.717, 1.165) is 11.3 Å². The first-order chi connectivity index (χ1) is 15.3. The van der Waals surface area contributed by atoms with Crippen LogP contribution < -0.4 is 11.1 Å². The lowest BCUT2D eigenvalue weighted by Crippen LogP contribution is -2.73. The number of amides is 2. The minimum Gasteiger partial charge on any atom is -0.481 e. The molecule has 2 amide bonds. The molecule has 0 aromatic carbocycles. The Bertz CT molecular complexity index is 1100. The third-order valence-electron chi connectivity index (χ3n) is 5.02. The Morgan fingerprint density at radius 2 is 2.28 bits per heavy atom. The molecule has 2 fully saturated rings. The monoisotopic (exact) mass is 479 g/mol. The summed E-state index contributed by atoms with van der Waals surface area (Å²) in [5, 5.41) is 36.5. The number of fused-ring (bicyclic) bond motifs is 1. The van der Waals surface area contributed by atoms with Crippen LogP contribution in [-0.2, 0) is 20.9 Å². The fraction of sp³-hybridized carbons (Fsp3) is 0.375. The Hall–Kier alpha value is -3.53. The van der Waals surface area contributed by atoms with Gasteiger partial charge in [0, 0.05) is 17.7 Å². The van der Waals surface area contributed by atoms with E-state index in [9.17, 15) is 24.7 Å². The van der Waals surface area contributed by atoms with Crippen LogP contribution in [0.1, 0.15) is 5.69 Å². The average molecular weight is 480 g/mol. The molecule has 32 heavy (non-hydrogen) atoms. The molecule has 0 radical (unpaired) electrons. The van der Waals surface area contributed by atoms with Crippen LogP contribution in [0.5, 0.6) is 0 Å². The van der Waals surface area contributed by atoms with Crippen LogP contribution in [0.2, 0.25) is 0 Å². The molecule has 16 heteroatoms. The molecule has 5 N–H and O–H groups in total. The maximum absolute atomic E-state index is 12.7. The normalized spacial score (nSPS) is 25.4. The number of carboxylic acid groups (broad SMARTS) is 1. The number of thiazole rings is 1. The molecule has 3 atom stereocenters. The summed E-state index contributed by atoms with van der Waals surface area (Å²) in [6, 6.07) is -0.878. The fourth-order valence-electron chi connectivity index (χ4n) is 3.37. The highest BCUT2D eigenvalue weighted by Crippen LogP contribution is 2.43. The van der Waals surface area contributed by atoms with Gasteiger partial charge in [-0.2, -0.15) is 0 Å². The quantitative estimate of drug-likeness (QED) is 0.120. The zero-order valence-corrected chi connectivity index (χ0v) is 17.9. The lowest BCUT2D eigenvalue weighted by atomic mass is 9.86. The Balaban J connectivity index is 1.42. The topological polar surface area (TPSA) is 202 Å². The molecule has 2 aliphatic heterocycles. The van der Waals surface area contributed by atoms with Crippen LogP contribution in [0.25, 0.3) is 0 Å². The predicted octanol–water partition coefficient (Wildman–Crippen LogP) is -1.38. The molecule has 0 spiro atoms. The summed E-state index contributed by atoms with van der Waals surface area (Å²) in [5.41, 5.74) is 3.98. The number of aromatic nitrogens is 5. The zero-order valence-electron chi connectivity index (χ0n) is 16.2. The standard InChI is InChI=1S/C16H17N9O5S2/c17-15-19-8(4-31-15)9(21-30)11(26)20-10-12(27)25-5-16(14(28)29,6-32-13(10)25)2-1-3-24-7-18-22-23-24/h1-2,4,7,10,13,30H,3,5-6H2,(H2,17,19)(H,20,26)(H,28,29)/t10?,13-,16?/m1/s1. The van der Waals surface area contributed by atoms with Crippen molar-refractivity contribution in [1.29, 1.82) is 0 Å². The van der Waals surface area contributed by atoms with E-state index in [1.54, 1.807) is 12.2 Å². The first-order valence-electron chi connectivity index (χ1n) is 9.13. The molecule has 4 rings (SSSR count). The Labute approximate surface area is 188 Å². The highest BCUT2D eigenvalue weighted by atomic mass is 32.2. The van der Waals surface area contributed by atoms with Gasteiger partial charge in [-0.1, -0.05) is 17.3 Å². The van der Waals surface area contributed by atoms with E-state index in [0.29, 0.717) is 0 Å². The molecular weight excluding hydrogens is 462 g/mol. The highest BCUT2D eigenvalue weighted by Gasteiger charge is 2.56. The number of nitrogens with zero attached hydrogens (tertiary/aromatic N) is 7. The molecule has 14 nitrogen and oxygen atoms in total. The lowest BCUT2D eigenvalue weighted by molar-refractivity contribution is -0.156. The number of oxime groups is 1. The molecule has 0 bridgehead atoms. The molecule has 2 saturated heterocycles. The second-order valence-electron chi connectivity index (χ2n) is 7.03. The van der Waals surface area contributed by atoms with Crippen molar-refractivity contribution in [3.05, 3.63) is 29.6 Å². The maximum Gasteiger partial charge on any atom is 0.316 e. The number of hydrogen-bond acceptors (Lipinski definition) is 12. The summed E-state index contributed by atoms with van der Waals surface area (Å²) in [6.45, 7) is 0.244. The van der Waals surface area contributed by atoms with Crippen LogP contribution in [0.4, 0.5) is 5.13 Å². The number of carboxylic acids is 1. The van der Waals surface area contributed by atoms with Crippen molar-refractivity contribution in [3.63, 3.8) is 0 Å². The largest absolute Gasteiger partial charge is 0.481 e. The first kappa shape index (κ1) is 21.7. The van der Waals surface area contributed by atoms with Gasteiger partial charge >= 0.3 is 5.97 Å². The van der Waals surface area contributed by atoms with E-state index in [4.69, 9.17) is 5.73 Å². The number of β-lactam (4-membered cyclic amide) rings is 1. The zero-order chi connectivity index (χ0) is 22.9. The number of tetrazole rings is 1. The van der Waals surface area contributed by atoms with Crippen molar-refractivity contribution in [2.45, 2.75) is 18.0 Å². The fourth-order valence-corrected chi connectivity index (χ4v) is 5.43. The number of rotatable bonds is 7. The van der Waals surface area contributed by atoms with Gasteiger partial charge in [0.25, 0.3) is 5.91 Å². The molecule has 2 unspecified atom stereocenters. The van der Waals surface area contributed by atoms with Crippen molar-refractivity contribution in [3.8, 4) is 0 Å². The van der Waals surface area contributed by atoms with E-state index in [1.807, 2.05) is 0 Å². The number of hydrogen-bond donors (Lipinski definition) is 4. The molecule has 2 aliphatic rings. The third kappa shape index (κ3) is 3.89. The number of carbonyl (C=O) groups is 3. The van der Waals surface area contributed by atoms with Gasteiger partial charge in [-0.05, 0) is 10.4 Å². The van der Waals surface area contributed by atoms with Crippen molar-refractivity contribution in [2.75, 3.05) is 18.0 Å². The number of nitrogens with one attached hydrogen (secondary N) is 1. The number of allylic oxidation sites excluding steroid dienone is 1. The summed E-state index contributed by atoms with van der Waals surface area (Å²) in [6.07, 6.45) is 4.58. The van der Waals surface area contributed by atoms with E-state index >= 15 is 0 Å². The van der Waals surface area contributed by atoms with E-state index in [-0.39, 0.29) is 35.4 Å².